The molecule has 0 amide bonds. The number of aromatic amines is 1. The second-order valence-corrected chi connectivity index (χ2v) is 11.3. The molecule has 3 heterocycles. The summed E-state index contributed by atoms with van der Waals surface area (Å²) in [5.74, 6) is -0.107. The standard InChI is InChI=1S/C25H33N5O4S/c1-3-13-29-19-18(20(31)30(14-4-2)23(29)34)27-22(28-19)25-10-7-24(8-11-25,9-12-25)6-5-17-26-16(15-35-17)21(32)33/h15H,3-14H2,1-2H3,(H,27,28)(H,32,33). The number of hydrogen-bond acceptors (Lipinski definition) is 6. The summed E-state index contributed by atoms with van der Waals surface area (Å²) in [7, 11) is 0. The Morgan fingerprint density at radius 3 is 2.31 bits per heavy atom. The first-order chi connectivity index (χ1) is 16.8. The second-order valence-electron chi connectivity index (χ2n) is 10.4. The van der Waals surface area contributed by atoms with Crippen LogP contribution in [0, 0.1) is 5.41 Å². The van der Waals surface area contributed by atoms with Gasteiger partial charge in [-0.05, 0) is 69.6 Å². The fraction of sp³-hybridized carbons (Fsp3) is 0.640. The van der Waals surface area contributed by atoms with E-state index < -0.39 is 5.97 Å². The zero-order valence-corrected chi connectivity index (χ0v) is 21.2. The molecule has 2 N–H and O–H groups in total. The minimum Gasteiger partial charge on any atom is -0.476 e. The molecule has 3 aliphatic rings. The highest BCUT2D eigenvalue weighted by Gasteiger charge is 2.50. The third-order valence-corrected chi connectivity index (χ3v) is 9.21. The van der Waals surface area contributed by atoms with E-state index in [0.717, 1.165) is 75.0 Å². The average molecular weight is 500 g/mol. The van der Waals surface area contributed by atoms with Gasteiger partial charge in [0.05, 0.1) is 5.01 Å². The van der Waals surface area contributed by atoms with Crippen molar-refractivity contribution < 1.29 is 9.90 Å². The summed E-state index contributed by atoms with van der Waals surface area (Å²) in [6.45, 7) is 4.94. The molecule has 3 saturated carbocycles. The molecule has 3 fully saturated rings. The summed E-state index contributed by atoms with van der Waals surface area (Å²) in [6, 6.07) is 0. The van der Waals surface area contributed by atoms with E-state index in [9.17, 15) is 14.4 Å². The lowest BCUT2D eigenvalue weighted by Gasteiger charge is -2.52. The quantitative estimate of drug-likeness (QED) is 0.457. The third kappa shape index (κ3) is 4.05. The monoisotopic (exact) mass is 499 g/mol. The predicted octanol–water partition coefficient (Wildman–Crippen LogP) is 4.09. The van der Waals surface area contributed by atoms with E-state index in [1.165, 1.54) is 15.9 Å². The SMILES string of the molecule is CCCn1c(=O)c2[nH]c(C34CCC(CCc5nc(C(=O)O)cs5)(CC3)CC4)nc2n(CCC)c1=O. The maximum Gasteiger partial charge on any atom is 0.355 e. The number of aromatic nitrogens is 5. The van der Waals surface area contributed by atoms with Crippen LogP contribution in [0.25, 0.3) is 11.2 Å². The molecule has 3 aromatic heterocycles. The predicted molar refractivity (Wildman–Crippen MR) is 134 cm³/mol. The fourth-order valence-corrected chi connectivity index (χ4v) is 6.93. The minimum absolute atomic E-state index is 0.0758. The van der Waals surface area contributed by atoms with E-state index in [-0.39, 0.29) is 27.8 Å². The van der Waals surface area contributed by atoms with Crippen molar-refractivity contribution in [3.63, 3.8) is 0 Å². The molecule has 0 atom stereocenters. The summed E-state index contributed by atoms with van der Waals surface area (Å²) in [4.78, 5) is 49.9. The highest BCUT2D eigenvalue weighted by atomic mass is 32.1. The van der Waals surface area contributed by atoms with Gasteiger partial charge in [-0.3, -0.25) is 13.9 Å². The molecular weight excluding hydrogens is 466 g/mol. The Morgan fingerprint density at radius 2 is 1.71 bits per heavy atom. The molecule has 35 heavy (non-hydrogen) atoms. The molecule has 6 rings (SSSR count). The number of nitrogens with zero attached hydrogens (tertiary/aromatic N) is 4. The molecule has 0 aromatic carbocycles. The number of aromatic carboxylic acids is 1. The van der Waals surface area contributed by atoms with Crippen molar-refractivity contribution in [2.75, 3.05) is 0 Å². The first-order valence-corrected chi connectivity index (χ1v) is 13.6. The second kappa shape index (κ2) is 9.04. The molecule has 9 nitrogen and oxygen atoms in total. The smallest absolute Gasteiger partial charge is 0.355 e. The van der Waals surface area contributed by atoms with Gasteiger partial charge in [0.2, 0.25) is 0 Å². The van der Waals surface area contributed by atoms with E-state index in [1.807, 2.05) is 13.8 Å². The molecule has 0 unspecified atom stereocenters. The fourth-order valence-electron chi connectivity index (χ4n) is 6.15. The molecular formula is C25H33N5O4S. The Balaban J connectivity index is 1.39. The first-order valence-electron chi connectivity index (χ1n) is 12.7. The van der Waals surface area contributed by atoms with Crippen molar-refractivity contribution in [3.05, 3.63) is 42.7 Å². The van der Waals surface area contributed by atoms with Gasteiger partial charge >= 0.3 is 11.7 Å². The van der Waals surface area contributed by atoms with Crippen molar-refractivity contribution in [1.82, 2.24) is 24.1 Å². The van der Waals surface area contributed by atoms with E-state index in [2.05, 4.69) is 9.97 Å². The summed E-state index contributed by atoms with van der Waals surface area (Å²) < 4.78 is 3.01. The molecule has 188 valence electrons. The largest absolute Gasteiger partial charge is 0.476 e. The number of carboxylic acid groups (broad SMARTS) is 1. The summed E-state index contributed by atoms with van der Waals surface area (Å²) in [6.07, 6.45) is 9.63. The van der Waals surface area contributed by atoms with Gasteiger partial charge in [0.1, 0.15) is 11.3 Å². The molecule has 3 aliphatic carbocycles. The van der Waals surface area contributed by atoms with Gasteiger partial charge in [0.25, 0.3) is 5.56 Å². The highest BCUT2D eigenvalue weighted by molar-refractivity contribution is 7.09. The maximum atomic E-state index is 13.1. The molecule has 0 spiro atoms. The van der Waals surface area contributed by atoms with Crippen LogP contribution in [0.3, 0.4) is 0 Å². The lowest BCUT2D eigenvalue weighted by Crippen LogP contribution is -2.45. The summed E-state index contributed by atoms with van der Waals surface area (Å²) >= 11 is 1.43. The summed E-state index contributed by atoms with van der Waals surface area (Å²) in [5.41, 5.74) is 0.753. The van der Waals surface area contributed by atoms with Crippen molar-refractivity contribution in [3.8, 4) is 0 Å². The Kier molecular flexibility index (Phi) is 6.19. The number of H-pyrrole nitrogens is 1. The normalized spacial score (nSPS) is 23.8. The van der Waals surface area contributed by atoms with Crippen LogP contribution in [0.4, 0.5) is 0 Å². The Hall–Kier alpha value is -2.75. The minimum atomic E-state index is -0.970. The molecule has 2 bridgehead atoms. The molecule has 0 radical (unpaired) electrons. The Bertz CT molecular complexity index is 1360. The Morgan fingerprint density at radius 1 is 1.06 bits per heavy atom. The van der Waals surface area contributed by atoms with Gasteiger partial charge in [0.15, 0.2) is 11.3 Å². The number of imidazole rings is 1. The zero-order valence-electron chi connectivity index (χ0n) is 20.4. The number of hydrogen-bond donors (Lipinski definition) is 2. The lowest BCUT2D eigenvalue weighted by molar-refractivity contribution is 0.0291. The first kappa shape index (κ1) is 24.0. The van der Waals surface area contributed by atoms with Crippen LogP contribution < -0.4 is 11.2 Å². The van der Waals surface area contributed by atoms with E-state index in [4.69, 9.17) is 10.1 Å². The molecule has 0 aliphatic heterocycles. The van der Waals surface area contributed by atoms with Crippen LogP contribution in [-0.2, 0) is 24.9 Å². The Labute approximate surface area is 207 Å². The van der Waals surface area contributed by atoms with Crippen molar-refractivity contribution in [1.29, 1.82) is 0 Å². The van der Waals surface area contributed by atoms with Gasteiger partial charge in [-0.25, -0.2) is 19.6 Å². The highest BCUT2D eigenvalue weighted by Crippen LogP contribution is 2.59. The van der Waals surface area contributed by atoms with E-state index in [0.29, 0.717) is 24.3 Å². The maximum absolute atomic E-state index is 13.1. The van der Waals surface area contributed by atoms with Crippen molar-refractivity contribution in [2.45, 2.75) is 96.6 Å². The number of nitrogens with one attached hydrogen (secondary N) is 1. The van der Waals surface area contributed by atoms with Crippen LogP contribution in [0.15, 0.2) is 15.0 Å². The number of aryl methyl sites for hydroxylation is 2. The van der Waals surface area contributed by atoms with Gasteiger partial charge in [0, 0.05) is 23.9 Å². The number of thiazole rings is 1. The van der Waals surface area contributed by atoms with Gasteiger partial charge in [-0.1, -0.05) is 13.8 Å². The van der Waals surface area contributed by atoms with Crippen LogP contribution in [-0.4, -0.2) is 35.2 Å². The van der Waals surface area contributed by atoms with Gasteiger partial charge in [-0.15, -0.1) is 11.3 Å². The number of rotatable bonds is 9. The van der Waals surface area contributed by atoms with Gasteiger partial charge in [-0.2, -0.15) is 0 Å². The molecule has 3 aromatic rings. The zero-order chi connectivity index (χ0) is 24.8. The number of carbonyl (C=O) groups is 1. The third-order valence-electron chi connectivity index (χ3n) is 8.30. The van der Waals surface area contributed by atoms with Crippen LogP contribution in [0.2, 0.25) is 0 Å². The lowest BCUT2D eigenvalue weighted by atomic mass is 9.52. The molecule has 10 heteroatoms. The van der Waals surface area contributed by atoms with Crippen LogP contribution in [0.1, 0.15) is 93.0 Å². The van der Waals surface area contributed by atoms with E-state index >= 15 is 0 Å². The van der Waals surface area contributed by atoms with Crippen LogP contribution >= 0.6 is 11.3 Å². The number of fused-ring (bicyclic) bond motifs is 4. The topological polar surface area (TPSA) is 123 Å². The summed E-state index contributed by atoms with van der Waals surface area (Å²) in [5, 5.41) is 11.6. The van der Waals surface area contributed by atoms with Crippen molar-refractivity contribution >= 4 is 28.5 Å². The molecule has 0 saturated heterocycles. The van der Waals surface area contributed by atoms with Crippen molar-refractivity contribution in [2.24, 2.45) is 5.41 Å². The number of carboxylic acids is 1. The average Bonchev–Trinajstić information content (AvgIpc) is 3.53. The van der Waals surface area contributed by atoms with Gasteiger partial charge < -0.3 is 10.1 Å². The van der Waals surface area contributed by atoms with E-state index in [1.54, 1.807) is 9.95 Å². The van der Waals surface area contributed by atoms with Crippen LogP contribution in [0.5, 0.6) is 0 Å².